The average Bonchev–Trinajstić information content (AvgIpc) is 2.46. The number of hydrogen-bond acceptors (Lipinski definition) is 3. The first kappa shape index (κ1) is 18.6. The first-order valence-corrected chi connectivity index (χ1v) is 9.35. The lowest BCUT2D eigenvalue weighted by Crippen LogP contribution is -2.28. The molecule has 0 aliphatic carbocycles. The molecule has 0 aliphatic rings. The zero-order valence-electron chi connectivity index (χ0n) is 13.1. The van der Waals surface area contributed by atoms with Crippen molar-refractivity contribution >= 4 is 44.8 Å². The number of anilines is 1. The van der Waals surface area contributed by atoms with Gasteiger partial charge in [-0.25, -0.2) is 13.2 Å². The van der Waals surface area contributed by atoms with Crippen molar-refractivity contribution in [3.8, 4) is 0 Å². The molecule has 2 amide bonds. The molecule has 0 spiro atoms. The Morgan fingerprint density at radius 1 is 1.12 bits per heavy atom. The number of urea groups is 1. The van der Waals surface area contributed by atoms with Crippen molar-refractivity contribution in [2.75, 3.05) is 11.9 Å². The Hall–Kier alpha value is -1.76. The second-order valence-electron chi connectivity index (χ2n) is 5.05. The van der Waals surface area contributed by atoms with Crippen LogP contribution in [0.15, 0.2) is 46.2 Å². The van der Waals surface area contributed by atoms with Crippen LogP contribution in [0.1, 0.15) is 12.5 Å². The van der Waals surface area contributed by atoms with Crippen LogP contribution < -0.4 is 10.6 Å². The molecule has 0 aromatic heterocycles. The van der Waals surface area contributed by atoms with E-state index in [0.29, 0.717) is 22.8 Å². The normalized spacial score (nSPS) is 11.2. The minimum absolute atomic E-state index is 0.00735. The molecule has 0 heterocycles. The van der Waals surface area contributed by atoms with E-state index in [1.54, 1.807) is 19.9 Å². The molecule has 0 aliphatic heterocycles. The highest BCUT2D eigenvalue weighted by Gasteiger charge is 2.24. The number of aryl methyl sites for hydroxylation is 1. The van der Waals surface area contributed by atoms with E-state index in [4.69, 9.17) is 23.2 Å². The number of rotatable bonds is 4. The van der Waals surface area contributed by atoms with E-state index in [0.717, 1.165) is 0 Å². The van der Waals surface area contributed by atoms with E-state index in [1.165, 1.54) is 30.3 Å². The summed E-state index contributed by atoms with van der Waals surface area (Å²) in [5, 5.41) is 5.67. The Morgan fingerprint density at radius 2 is 1.75 bits per heavy atom. The maximum absolute atomic E-state index is 12.8. The summed E-state index contributed by atoms with van der Waals surface area (Å²) in [6.45, 7) is 3.89. The van der Waals surface area contributed by atoms with Gasteiger partial charge in [0.1, 0.15) is 0 Å². The average molecular weight is 387 g/mol. The highest BCUT2D eigenvalue weighted by atomic mass is 35.5. The molecule has 2 aromatic rings. The van der Waals surface area contributed by atoms with Crippen molar-refractivity contribution in [3.05, 3.63) is 52.0 Å². The number of amides is 2. The van der Waals surface area contributed by atoms with Crippen LogP contribution in [-0.4, -0.2) is 21.0 Å². The fraction of sp³-hybridized carbons (Fsp3) is 0.188. The monoisotopic (exact) mass is 386 g/mol. The van der Waals surface area contributed by atoms with Gasteiger partial charge in [-0.05, 0) is 55.8 Å². The van der Waals surface area contributed by atoms with Gasteiger partial charge in [0.25, 0.3) is 0 Å². The number of sulfone groups is 1. The molecule has 0 atom stereocenters. The van der Waals surface area contributed by atoms with Gasteiger partial charge in [0, 0.05) is 17.3 Å². The minimum Gasteiger partial charge on any atom is -0.338 e. The molecule has 0 fully saturated rings. The third-order valence-electron chi connectivity index (χ3n) is 3.22. The topological polar surface area (TPSA) is 75.3 Å². The van der Waals surface area contributed by atoms with Crippen LogP contribution in [0, 0.1) is 6.92 Å². The van der Waals surface area contributed by atoms with E-state index >= 15 is 0 Å². The van der Waals surface area contributed by atoms with E-state index in [2.05, 4.69) is 10.6 Å². The van der Waals surface area contributed by atoms with Gasteiger partial charge in [-0.1, -0.05) is 23.2 Å². The number of hydrogen-bond donors (Lipinski definition) is 2. The Morgan fingerprint density at radius 3 is 2.29 bits per heavy atom. The third kappa shape index (κ3) is 4.01. The first-order chi connectivity index (χ1) is 11.3. The Bertz CT molecular complexity index is 842. The molecule has 24 heavy (non-hydrogen) atoms. The maximum atomic E-state index is 12.8. The summed E-state index contributed by atoms with van der Waals surface area (Å²) >= 11 is 12.0. The minimum atomic E-state index is -3.79. The van der Waals surface area contributed by atoms with Gasteiger partial charge in [0.15, 0.2) is 0 Å². The van der Waals surface area contributed by atoms with Gasteiger partial charge in [0.05, 0.1) is 14.8 Å². The van der Waals surface area contributed by atoms with Gasteiger partial charge in [-0.3, -0.25) is 0 Å². The summed E-state index contributed by atoms with van der Waals surface area (Å²) in [7, 11) is -3.79. The zero-order valence-corrected chi connectivity index (χ0v) is 15.4. The second-order valence-corrected chi connectivity index (χ2v) is 7.78. The van der Waals surface area contributed by atoms with Crippen molar-refractivity contribution in [3.63, 3.8) is 0 Å². The Balaban J connectivity index is 2.44. The van der Waals surface area contributed by atoms with Crippen LogP contribution in [0.3, 0.4) is 0 Å². The summed E-state index contributed by atoms with van der Waals surface area (Å²) in [5.41, 5.74) is 0.850. The standard InChI is InChI=1S/C16H16Cl2N2O3S/c1-3-19-16(21)20-12-8-10(2)15(14(18)9-12)24(22,23)13-6-4-11(17)5-7-13/h4-9H,3H2,1-2H3,(H2,19,20,21). The molecule has 0 bridgehead atoms. The molecule has 2 N–H and O–H groups in total. The lowest BCUT2D eigenvalue weighted by atomic mass is 10.2. The smallest absolute Gasteiger partial charge is 0.319 e. The summed E-state index contributed by atoms with van der Waals surface area (Å²) in [5.74, 6) is 0. The molecule has 0 radical (unpaired) electrons. The fourth-order valence-electron chi connectivity index (χ4n) is 2.21. The molecular weight excluding hydrogens is 371 g/mol. The van der Waals surface area contributed by atoms with Crippen molar-refractivity contribution in [2.45, 2.75) is 23.6 Å². The van der Waals surface area contributed by atoms with Crippen LogP contribution in [-0.2, 0) is 9.84 Å². The van der Waals surface area contributed by atoms with Crippen LogP contribution in [0.5, 0.6) is 0 Å². The van der Waals surface area contributed by atoms with Crippen LogP contribution in [0.2, 0.25) is 10.0 Å². The van der Waals surface area contributed by atoms with E-state index < -0.39 is 9.84 Å². The fourth-order valence-corrected chi connectivity index (χ4v) is 4.44. The first-order valence-electron chi connectivity index (χ1n) is 7.11. The highest BCUT2D eigenvalue weighted by molar-refractivity contribution is 7.91. The van der Waals surface area contributed by atoms with Gasteiger partial charge in [-0.15, -0.1) is 0 Å². The summed E-state index contributed by atoms with van der Waals surface area (Å²) in [6, 6.07) is 8.44. The van der Waals surface area contributed by atoms with E-state index in [-0.39, 0.29) is 20.8 Å². The molecule has 128 valence electrons. The summed E-state index contributed by atoms with van der Waals surface area (Å²) < 4.78 is 25.6. The van der Waals surface area contributed by atoms with Crippen LogP contribution in [0.4, 0.5) is 10.5 Å². The predicted molar refractivity (Wildman–Crippen MR) is 95.8 cm³/mol. The summed E-state index contributed by atoms with van der Waals surface area (Å²) in [4.78, 5) is 11.7. The largest absolute Gasteiger partial charge is 0.338 e. The van der Waals surface area contributed by atoms with Crippen molar-refractivity contribution < 1.29 is 13.2 Å². The second kappa shape index (κ2) is 7.42. The Kier molecular flexibility index (Phi) is 5.74. The van der Waals surface area contributed by atoms with Gasteiger partial charge in [0.2, 0.25) is 9.84 Å². The maximum Gasteiger partial charge on any atom is 0.319 e. The van der Waals surface area contributed by atoms with Gasteiger partial charge in [-0.2, -0.15) is 0 Å². The van der Waals surface area contributed by atoms with Crippen molar-refractivity contribution in [1.29, 1.82) is 0 Å². The molecule has 0 unspecified atom stereocenters. The summed E-state index contributed by atoms with van der Waals surface area (Å²) in [6.07, 6.45) is 0. The molecule has 2 rings (SSSR count). The van der Waals surface area contributed by atoms with E-state index in [1.807, 2.05) is 0 Å². The van der Waals surface area contributed by atoms with Crippen LogP contribution in [0.25, 0.3) is 0 Å². The lowest BCUT2D eigenvalue weighted by molar-refractivity contribution is 0.252. The number of carbonyl (C=O) groups excluding carboxylic acids is 1. The highest BCUT2D eigenvalue weighted by Crippen LogP contribution is 2.33. The van der Waals surface area contributed by atoms with Crippen LogP contribution >= 0.6 is 23.2 Å². The zero-order chi connectivity index (χ0) is 17.9. The Labute approximate surface area is 150 Å². The predicted octanol–water partition coefficient (Wildman–Crippen LogP) is 4.28. The lowest BCUT2D eigenvalue weighted by Gasteiger charge is -2.13. The number of halogens is 2. The number of benzene rings is 2. The molecule has 0 saturated heterocycles. The van der Waals surface area contributed by atoms with Gasteiger partial charge < -0.3 is 10.6 Å². The quantitative estimate of drug-likeness (QED) is 0.823. The molecule has 2 aromatic carbocycles. The number of nitrogens with one attached hydrogen (secondary N) is 2. The van der Waals surface area contributed by atoms with Crippen molar-refractivity contribution in [1.82, 2.24) is 5.32 Å². The SMILES string of the molecule is CCNC(=O)Nc1cc(C)c(S(=O)(=O)c2ccc(Cl)cc2)c(Cl)c1. The molecule has 8 heteroatoms. The molecule has 0 saturated carbocycles. The van der Waals surface area contributed by atoms with Gasteiger partial charge >= 0.3 is 6.03 Å². The number of carbonyl (C=O) groups is 1. The molecular formula is C16H16Cl2N2O3S. The van der Waals surface area contributed by atoms with Crippen molar-refractivity contribution in [2.24, 2.45) is 0 Å². The third-order valence-corrected chi connectivity index (χ3v) is 5.85. The van der Waals surface area contributed by atoms with E-state index in [9.17, 15) is 13.2 Å². The molecule has 5 nitrogen and oxygen atoms in total.